The molecule has 3 aromatic carbocycles. The second kappa shape index (κ2) is 9.91. The number of carbonyl (C=O) groups excluding carboxylic acids is 1. The summed E-state index contributed by atoms with van der Waals surface area (Å²) in [4.78, 5) is 16.9. The molecular weight excluding hydrogens is 492 g/mol. The zero-order chi connectivity index (χ0) is 27.1. The molecule has 0 bridgehead atoms. The number of H-pyrrole nitrogens is 1. The van der Waals surface area contributed by atoms with Crippen molar-refractivity contribution >= 4 is 32.4 Å². The average molecular weight is 527 g/mol. The normalized spacial score (nSPS) is 14.0. The van der Waals surface area contributed by atoms with Crippen molar-refractivity contribution in [1.82, 2.24) is 4.98 Å². The average Bonchev–Trinajstić information content (AvgIpc) is 3.60. The van der Waals surface area contributed by atoms with Crippen molar-refractivity contribution < 1.29 is 13.2 Å². The molecule has 1 aromatic heterocycles. The third-order valence-electron chi connectivity index (χ3n) is 7.11. The smallest absolute Gasteiger partial charge is 0.261 e. The van der Waals surface area contributed by atoms with Gasteiger partial charge in [-0.1, -0.05) is 75.4 Å². The summed E-state index contributed by atoms with van der Waals surface area (Å²) in [5.74, 6) is 0.665. The van der Waals surface area contributed by atoms with E-state index in [9.17, 15) is 13.2 Å². The van der Waals surface area contributed by atoms with E-state index in [1.165, 1.54) is 12.8 Å². The second-order valence-corrected chi connectivity index (χ2v) is 13.1. The zero-order valence-corrected chi connectivity index (χ0v) is 23.0. The van der Waals surface area contributed by atoms with Gasteiger partial charge < -0.3 is 4.98 Å². The lowest BCUT2D eigenvalue weighted by molar-refractivity contribution is 0.0988. The Bertz CT molecular complexity index is 1610. The van der Waals surface area contributed by atoms with E-state index in [-0.39, 0.29) is 16.1 Å². The summed E-state index contributed by atoms with van der Waals surface area (Å²) in [6.45, 7) is 10.4. The highest BCUT2D eigenvalue weighted by molar-refractivity contribution is 7.92. The van der Waals surface area contributed by atoms with Crippen LogP contribution in [0.4, 0.5) is 5.69 Å². The number of allylic oxidation sites excluding steroid dienone is 1. The summed E-state index contributed by atoms with van der Waals surface area (Å²) in [5, 5.41) is 0.788. The van der Waals surface area contributed by atoms with Gasteiger partial charge in [0.1, 0.15) is 0 Å². The van der Waals surface area contributed by atoms with Gasteiger partial charge in [0.05, 0.1) is 10.6 Å². The van der Waals surface area contributed by atoms with Crippen LogP contribution in [0, 0.1) is 5.92 Å². The van der Waals surface area contributed by atoms with E-state index in [2.05, 4.69) is 37.1 Å². The van der Waals surface area contributed by atoms with Crippen LogP contribution in [0.25, 0.3) is 22.0 Å². The first-order valence-corrected chi connectivity index (χ1v) is 14.5. The van der Waals surface area contributed by atoms with E-state index >= 15 is 0 Å². The number of nitrogens with one attached hydrogen (secondary N) is 2. The molecule has 196 valence electrons. The first kappa shape index (κ1) is 26.0. The Labute approximate surface area is 225 Å². The molecule has 1 aliphatic rings. The number of rotatable bonds is 9. The number of carbonyl (C=O) groups is 1. The number of anilines is 1. The largest absolute Gasteiger partial charge is 0.352 e. The SMILES string of the molecule is C=C(CC(=O)c1[nH]c2ccc(NS(=O)(=O)c3ccc(C(C)(C)C)cc3)cc2c1-c1ccccc1)CC1CC1. The molecule has 0 spiro atoms. The van der Waals surface area contributed by atoms with Crippen molar-refractivity contribution in [2.75, 3.05) is 4.72 Å². The Morgan fingerprint density at radius 2 is 1.68 bits per heavy atom. The molecule has 4 aromatic rings. The summed E-state index contributed by atoms with van der Waals surface area (Å²) < 4.78 is 29.1. The van der Waals surface area contributed by atoms with Crippen LogP contribution >= 0.6 is 0 Å². The van der Waals surface area contributed by atoms with Gasteiger partial charge in [-0.3, -0.25) is 9.52 Å². The van der Waals surface area contributed by atoms with Crippen LogP contribution in [0.5, 0.6) is 0 Å². The molecule has 38 heavy (non-hydrogen) atoms. The molecule has 0 saturated heterocycles. The van der Waals surface area contributed by atoms with E-state index < -0.39 is 10.0 Å². The van der Waals surface area contributed by atoms with E-state index in [0.717, 1.165) is 39.6 Å². The number of Topliss-reactive ketones (excluding diaryl/α,β-unsaturated/α-hetero) is 1. The van der Waals surface area contributed by atoms with Crippen LogP contribution in [-0.4, -0.2) is 19.2 Å². The number of benzene rings is 3. The van der Waals surface area contributed by atoms with Crippen molar-refractivity contribution in [1.29, 1.82) is 0 Å². The topological polar surface area (TPSA) is 79.0 Å². The van der Waals surface area contributed by atoms with E-state index in [1.54, 1.807) is 24.3 Å². The molecule has 0 unspecified atom stereocenters. The fraction of sp³-hybridized carbons (Fsp3) is 0.281. The van der Waals surface area contributed by atoms with Crippen molar-refractivity contribution in [2.45, 2.75) is 56.8 Å². The van der Waals surface area contributed by atoms with Crippen LogP contribution in [0.1, 0.15) is 62.5 Å². The fourth-order valence-corrected chi connectivity index (χ4v) is 5.88. The van der Waals surface area contributed by atoms with Gasteiger partial charge in [0, 0.05) is 28.6 Å². The Morgan fingerprint density at radius 3 is 2.32 bits per heavy atom. The van der Waals surface area contributed by atoms with Gasteiger partial charge in [0.25, 0.3) is 10.0 Å². The summed E-state index contributed by atoms with van der Waals surface area (Å²) in [5.41, 5.74) is 5.37. The van der Waals surface area contributed by atoms with Crippen LogP contribution in [-0.2, 0) is 15.4 Å². The molecule has 5 rings (SSSR count). The van der Waals surface area contributed by atoms with Crippen LogP contribution in [0.15, 0.2) is 89.8 Å². The number of ketones is 1. The highest BCUT2D eigenvalue weighted by Gasteiger charge is 2.25. The summed E-state index contributed by atoms with van der Waals surface area (Å²) >= 11 is 0. The number of aromatic nitrogens is 1. The monoisotopic (exact) mass is 526 g/mol. The van der Waals surface area contributed by atoms with Gasteiger partial charge in [-0.25, -0.2) is 8.42 Å². The maximum absolute atomic E-state index is 13.4. The van der Waals surface area contributed by atoms with Gasteiger partial charge in [0.2, 0.25) is 0 Å². The number of aromatic amines is 1. The lowest BCUT2D eigenvalue weighted by atomic mass is 9.87. The van der Waals surface area contributed by atoms with Gasteiger partial charge in [0.15, 0.2) is 5.78 Å². The molecular formula is C32H34N2O3S. The minimum absolute atomic E-state index is 0.00762. The number of hydrogen-bond acceptors (Lipinski definition) is 3. The van der Waals surface area contributed by atoms with Gasteiger partial charge in [-0.2, -0.15) is 0 Å². The first-order chi connectivity index (χ1) is 18.0. The zero-order valence-electron chi connectivity index (χ0n) is 22.2. The molecule has 1 fully saturated rings. The number of hydrogen-bond donors (Lipinski definition) is 2. The van der Waals surface area contributed by atoms with Gasteiger partial charge >= 0.3 is 0 Å². The first-order valence-electron chi connectivity index (χ1n) is 13.1. The fourth-order valence-electron chi connectivity index (χ4n) is 4.84. The van der Waals surface area contributed by atoms with Crippen molar-refractivity contribution in [2.24, 2.45) is 5.92 Å². The van der Waals surface area contributed by atoms with Gasteiger partial charge in [-0.15, -0.1) is 0 Å². The van der Waals surface area contributed by atoms with Crippen LogP contribution < -0.4 is 4.72 Å². The minimum Gasteiger partial charge on any atom is -0.352 e. The maximum Gasteiger partial charge on any atom is 0.261 e. The predicted molar refractivity (Wildman–Crippen MR) is 155 cm³/mol. The van der Waals surface area contributed by atoms with Gasteiger partial charge in [-0.05, 0) is 72.1 Å². The molecule has 2 N–H and O–H groups in total. The third kappa shape index (κ3) is 5.60. The van der Waals surface area contributed by atoms with Crippen LogP contribution in [0.3, 0.4) is 0 Å². The lowest BCUT2D eigenvalue weighted by Gasteiger charge is -2.19. The molecule has 5 nitrogen and oxygen atoms in total. The molecule has 0 radical (unpaired) electrons. The number of fused-ring (bicyclic) bond motifs is 1. The van der Waals surface area contributed by atoms with Crippen molar-refractivity contribution in [3.8, 4) is 11.1 Å². The molecule has 0 aliphatic heterocycles. The second-order valence-electron chi connectivity index (χ2n) is 11.4. The lowest BCUT2D eigenvalue weighted by Crippen LogP contribution is -2.14. The summed E-state index contributed by atoms with van der Waals surface area (Å²) in [7, 11) is -3.79. The summed E-state index contributed by atoms with van der Waals surface area (Å²) in [6, 6.07) is 22.0. The Balaban J connectivity index is 1.49. The number of sulfonamides is 1. The standard InChI is InChI=1S/C32H34N2O3S/c1-21(18-22-10-11-22)19-29(35)31-30(23-8-6-5-7-9-23)27-20-25(14-17-28(27)33-31)34-38(36,37)26-15-12-24(13-16-26)32(2,3)4/h5-9,12-17,20,22,33-34H,1,10-11,18-19H2,2-4H3. The predicted octanol–water partition coefficient (Wildman–Crippen LogP) is 7.86. The minimum atomic E-state index is -3.79. The molecule has 6 heteroatoms. The third-order valence-corrected chi connectivity index (χ3v) is 8.50. The van der Waals surface area contributed by atoms with Crippen molar-refractivity contribution in [3.63, 3.8) is 0 Å². The van der Waals surface area contributed by atoms with E-state index in [1.807, 2.05) is 48.5 Å². The summed E-state index contributed by atoms with van der Waals surface area (Å²) in [6.07, 6.45) is 3.63. The van der Waals surface area contributed by atoms with E-state index in [4.69, 9.17) is 0 Å². The molecule has 0 atom stereocenters. The Morgan fingerprint density at radius 1 is 1.00 bits per heavy atom. The molecule has 1 heterocycles. The molecule has 1 aliphatic carbocycles. The molecule has 0 amide bonds. The quantitative estimate of drug-likeness (QED) is 0.172. The molecule has 1 saturated carbocycles. The Hall–Kier alpha value is -3.64. The van der Waals surface area contributed by atoms with E-state index in [0.29, 0.717) is 23.7 Å². The van der Waals surface area contributed by atoms with Crippen molar-refractivity contribution in [3.05, 3.63) is 96.2 Å². The highest BCUT2D eigenvalue weighted by Crippen LogP contribution is 2.38. The Kier molecular flexibility index (Phi) is 6.78. The highest BCUT2D eigenvalue weighted by atomic mass is 32.2. The maximum atomic E-state index is 13.4. The van der Waals surface area contributed by atoms with Crippen LogP contribution in [0.2, 0.25) is 0 Å².